The van der Waals surface area contributed by atoms with E-state index >= 15 is 0 Å². The van der Waals surface area contributed by atoms with Gasteiger partial charge in [0.2, 0.25) is 17.8 Å². The average Bonchev–Trinajstić information content (AvgIpc) is 1.47. The molecule has 18 aromatic rings. The van der Waals surface area contributed by atoms with Crippen LogP contribution in [-0.2, 0) is 80.8 Å². The smallest absolute Gasteiger partial charge is 0.488 e. The van der Waals surface area contributed by atoms with Crippen LogP contribution in [0.3, 0.4) is 0 Å². The van der Waals surface area contributed by atoms with Gasteiger partial charge in [-0.15, -0.1) is 16.6 Å². The highest BCUT2D eigenvalue weighted by atomic mass is 79.9. The number of methoxy groups -OCH3 is 3. The molecule has 144 heavy (non-hydrogen) atoms. The van der Waals surface area contributed by atoms with Gasteiger partial charge >= 0.3 is 37.9 Å². The number of benzene rings is 8. The maximum atomic E-state index is 9.00. The van der Waals surface area contributed by atoms with E-state index in [-0.39, 0.29) is 68.4 Å². The molecule has 0 aliphatic heterocycles. The van der Waals surface area contributed by atoms with Crippen LogP contribution in [0, 0.1) is 40.0 Å². The summed E-state index contributed by atoms with van der Waals surface area (Å²) in [6, 6.07) is 87.3. The first-order valence-corrected chi connectivity index (χ1v) is 43.0. The van der Waals surface area contributed by atoms with Crippen LogP contribution in [0.1, 0.15) is 56.4 Å². The van der Waals surface area contributed by atoms with Crippen LogP contribution in [0.25, 0.3) is 111 Å². The van der Waals surface area contributed by atoms with Crippen molar-refractivity contribution in [3.63, 3.8) is 0 Å². The molecule has 0 fully saturated rings. The first kappa shape index (κ1) is 112. The number of nitrogen functional groups attached to an aromatic ring is 3. The van der Waals surface area contributed by atoms with Crippen LogP contribution < -0.4 is 36.9 Å². The number of nitrogens with zero attached hydrogens (tertiary/aromatic N) is 20. The molecule has 0 bridgehead atoms. The number of aromatic nitrogens is 17. The second-order valence-corrected chi connectivity index (χ2v) is 29.8. The number of azide groups is 1. The van der Waals surface area contributed by atoms with Gasteiger partial charge in [0.05, 0.1) is 112 Å². The minimum atomic E-state index is -1.35. The second-order valence-electron chi connectivity index (χ2n) is 29.0. The van der Waals surface area contributed by atoms with Gasteiger partial charge in [0.1, 0.15) is 66.9 Å². The molecule has 0 radical (unpaired) electrons. The fraction of sp³-hybridized carbons (Fsp3) is 0.118. The number of halogens is 1. The highest BCUT2D eigenvalue weighted by Gasteiger charge is 2.19. The molecule has 40 nitrogen and oxygen atoms in total. The Hall–Kier alpha value is -19.2. The lowest BCUT2D eigenvalue weighted by Crippen LogP contribution is -2.29. The molecule has 0 spiro atoms. The summed E-state index contributed by atoms with van der Waals surface area (Å²) in [5.74, 6) is 4.82. The quantitative estimate of drug-likeness (QED) is 0.0105. The lowest BCUT2D eigenvalue weighted by molar-refractivity contribution is -0.193. The van der Waals surface area contributed by atoms with Gasteiger partial charge in [0.15, 0.2) is 0 Å². The Kier molecular flexibility index (Phi) is 46.9. The molecule has 0 atom stereocenters. The molecular weight excluding hydrogens is 1910 g/mol. The van der Waals surface area contributed by atoms with E-state index in [9.17, 15) is 0 Å². The number of pyridine rings is 5. The summed E-state index contributed by atoms with van der Waals surface area (Å²) in [6.07, 6.45) is 10.3. The number of aliphatic hydroxyl groups excluding tert-OH is 2. The fourth-order valence-corrected chi connectivity index (χ4v) is 13.5. The van der Waals surface area contributed by atoms with E-state index in [1.165, 1.54) is 16.7 Å². The van der Waals surface area contributed by atoms with Crippen molar-refractivity contribution in [1.29, 1.82) is 0 Å². The summed E-state index contributed by atoms with van der Waals surface area (Å²) in [5, 5.41) is 58.0. The number of ether oxygens (including phenoxy) is 3. The second kappa shape index (κ2) is 60.4. The zero-order valence-electron chi connectivity index (χ0n) is 78.0. The van der Waals surface area contributed by atoms with Gasteiger partial charge in [-0.2, -0.15) is 47.9 Å². The molecule has 0 saturated heterocycles. The third kappa shape index (κ3) is 35.4. The number of anilines is 3. The van der Waals surface area contributed by atoms with Crippen molar-refractivity contribution in [2.45, 2.75) is 60.5 Å². The number of aryl methyl sites for hydroxylation is 4. The van der Waals surface area contributed by atoms with Gasteiger partial charge in [-0.25, -0.2) is 44.3 Å². The number of rotatable bonds is 18. The molecule has 10 N–H and O–H groups in total. The minimum Gasteiger partial charge on any atom is -0.494 e. The van der Waals surface area contributed by atoms with Crippen molar-refractivity contribution >= 4 is 110 Å². The number of para-hydroxylation sites is 3. The minimum absolute atomic E-state index is 0.000556. The first-order valence-electron chi connectivity index (χ1n) is 42.2. The molecule has 0 aliphatic rings. The summed E-state index contributed by atoms with van der Waals surface area (Å²) < 4.78 is 20.2. The van der Waals surface area contributed by atoms with E-state index in [1.807, 2.05) is 232 Å². The number of aliphatic hydroxyl groups is 2. The number of terminal acetylenes is 1. The number of hydrogen-bond acceptors (Lipinski definition) is 36. The Morgan fingerprint density at radius 3 is 1.07 bits per heavy atom. The Morgan fingerprint density at radius 2 is 0.708 bits per heavy atom. The Balaban J connectivity index is 0.000000231. The van der Waals surface area contributed by atoms with E-state index in [1.54, 1.807) is 61.0 Å². The molecule has 8 aromatic carbocycles. The predicted molar refractivity (Wildman–Crippen MR) is 531 cm³/mol. The van der Waals surface area contributed by atoms with Gasteiger partial charge in [0, 0.05) is 49.0 Å². The van der Waals surface area contributed by atoms with Gasteiger partial charge in [-0.05, 0) is 164 Å². The summed E-state index contributed by atoms with van der Waals surface area (Å²) >= 11 is 3.18. The molecule has 42 heteroatoms. The van der Waals surface area contributed by atoms with Gasteiger partial charge in [-0.1, -0.05) is 208 Å². The number of nitrogens with two attached hydrogens (primary N) is 3. The zero-order chi connectivity index (χ0) is 105. The van der Waals surface area contributed by atoms with Crippen LogP contribution in [0.4, 0.5) is 17.8 Å². The predicted octanol–water partition coefficient (Wildman–Crippen LogP) is 13.2. The molecule has 18 rings (SSSR count). The molecule has 10 heterocycles. The molecule has 724 valence electrons. The van der Waals surface area contributed by atoms with E-state index in [2.05, 4.69) is 148 Å². The normalized spacial score (nSPS) is 9.60. The van der Waals surface area contributed by atoms with Crippen molar-refractivity contribution in [1.82, 2.24) is 84.8 Å². The molecular formula is C102H89BBrN23O17. The fourth-order valence-electron chi connectivity index (χ4n) is 13.1. The van der Waals surface area contributed by atoms with Gasteiger partial charge in [-0.3, -0.25) is 19.9 Å². The molecule has 0 unspecified atom stereocenters. The topological polar surface area (TPSA) is 609 Å². The van der Waals surface area contributed by atoms with Crippen LogP contribution >= 0.6 is 15.9 Å². The van der Waals surface area contributed by atoms with E-state index < -0.39 is 7.12 Å². The maximum Gasteiger partial charge on any atom is 0.488 e. The summed E-state index contributed by atoms with van der Waals surface area (Å²) in [4.78, 5) is 132. The summed E-state index contributed by atoms with van der Waals surface area (Å²) in [5.41, 5.74) is 47.6. The average molecular weight is 2000 g/mol. The third-order valence-electron chi connectivity index (χ3n) is 19.1. The van der Waals surface area contributed by atoms with Crippen molar-refractivity contribution in [2.24, 2.45) is 5.11 Å². The standard InChI is InChI=1S/C24H21N7O.C23H19N7O.C13H12N4.C13H13NO.C11H9N3O.C7H9BO2.C6H6BrNO.5CO2/c1-15-6-3-7-16(12-15)19-10-4-8-17(26-19)13-31-14-20(29-30-31)22-18-9-5-11-21(32-2)23(18)28-24(25)27-22;1-31-20-12-6-10-17-21(26-23(24)27-22(17)20)19-14-30(29-28-19)13-16-9-5-11-18(25-16)15-7-3-2-4-8-15;1-10-4-2-5-11(8-10)13-7-3-6-12(16-13)9-15-17-14;1-10-4-2-5-11(8-10)13-7-3-6-12(9-15)14-13;1-3-8-7-5-4-6-9(15-2)10(7)14-11(12)13-8;1-6-3-2-4-7(5-6)8(9)10;7-6-3-1-2-5(4-9)8-6;5*2-1-3/h3-12,14H,13H2,1-2H3,(H2,25,27,28);2-12,14H,13H2,1H3,(H2,24,26,27);2-8H,9H2,1H3;2-8,15H,9H2,1H3;1,4-6H,2H3,(H2,12,13,14);2-5,9-10H,1H3;1-3,9H,4H2;;;;;. The van der Waals surface area contributed by atoms with E-state index in [0.717, 1.165) is 88.4 Å². The number of fused-ring (bicyclic) bond motifs is 3. The van der Waals surface area contributed by atoms with Crippen molar-refractivity contribution in [3.8, 4) is 97.4 Å². The molecule has 0 saturated carbocycles. The Labute approximate surface area is 830 Å². The molecule has 0 amide bonds. The SMILES string of the molecule is C#Cc1nc(N)nc2c(OC)cccc12.COc1cccc2c(-c3cn(Cc4cccc(-c5cccc(C)c5)n4)nn3)nc(N)nc12.COc1cccc2c(-c3cn(Cc4cccc(-c5ccccc5)n4)nn3)nc(N)nc12.Cc1cccc(-c2cccc(CN=[N+]=[N-])n2)c1.Cc1cccc(-c2cccc(CO)n2)c1.Cc1cccc(B(O)O)c1.O=C=O.O=C=O.O=C=O.O=C=O.O=C=O.OCc1cccc(Br)n1. The molecule has 10 aromatic heterocycles. The number of hydrogen-bond donors (Lipinski definition) is 7. The lowest BCUT2D eigenvalue weighted by atomic mass is 9.80. The van der Waals surface area contributed by atoms with Gasteiger partial charge in [0.25, 0.3) is 0 Å². The lowest BCUT2D eigenvalue weighted by Gasteiger charge is -2.07. The van der Waals surface area contributed by atoms with E-state index in [4.69, 9.17) is 122 Å². The number of carbonyl (C=O) groups excluding carboxylic acids is 10. The van der Waals surface area contributed by atoms with Crippen LogP contribution in [0.5, 0.6) is 17.2 Å². The zero-order valence-corrected chi connectivity index (χ0v) is 79.6. The Bertz CT molecular complexity index is 7490. The summed E-state index contributed by atoms with van der Waals surface area (Å²) in [7, 11) is 3.42. The van der Waals surface area contributed by atoms with E-state index in [0.29, 0.717) is 92.2 Å². The van der Waals surface area contributed by atoms with Crippen molar-refractivity contribution < 1.29 is 82.4 Å². The van der Waals surface area contributed by atoms with Crippen molar-refractivity contribution in [2.75, 3.05) is 38.5 Å². The van der Waals surface area contributed by atoms with Crippen LogP contribution in [0.2, 0.25) is 0 Å². The monoisotopic (exact) mass is 2000 g/mol. The summed E-state index contributed by atoms with van der Waals surface area (Å²) in [6.45, 7) is 9.32. The van der Waals surface area contributed by atoms with Crippen molar-refractivity contribution in [3.05, 3.63) is 357 Å². The Morgan fingerprint density at radius 1 is 0.382 bits per heavy atom. The maximum absolute atomic E-state index is 9.00. The highest BCUT2D eigenvalue weighted by molar-refractivity contribution is 9.10. The van der Waals surface area contributed by atoms with Crippen LogP contribution in [0.15, 0.2) is 295 Å². The third-order valence-corrected chi connectivity index (χ3v) is 19.5. The first-order chi connectivity index (χ1) is 69.7. The largest absolute Gasteiger partial charge is 0.494 e. The van der Waals surface area contributed by atoms with Crippen LogP contribution in [-0.4, -0.2) is 164 Å². The van der Waals surface area contributed by atoms with Gasteiger partial charge < -0.3 is 51.7 Å². The highest BCUT2D eigenvalue weighted by Crippen LogP contribution is 2.34. The molecule has 0 aliphatic carbocycles.